The lowest BCUT2D eigenvalue weighted by atomic mass is 10.1. The Kier molecular flexibility index (Phi) is 7.24. The summed E-state index contributed by atoms with van der Waals surface area (Å²) >= 11 is 1.03. The average Bonchev–Trinajstić information content (AvgIpc) is 2.88. The van der Waals surface area contributed by atoms with Crippen molar-refractivity contribution in [2.24, 2.45) is 5.14 Å². The van der Waals surface area contributed by atoms with Crippen LogP contribution in [0.25, 0.3) is 11.1 Å². The van der Waals surface area contributed by atoms with Crippen molar-refractivity contribution < 1.29 is 14.3 Å². The van der Waals surface area contributed by atoms with Crippen LogP contribution in [0.4, 0.5) is 0 Å². The third-order valence-corrected chi connectivity index (χ3v) is 5.55. The van der Waals surface area contributed by atoms with E-state index in [-0.39, 0.29) is 5.91 Å². The predicted molar refractivity (Wildman–Crippen MR) is 130 cm³/mol. The maximum Gasteiger partial charge on any atom is 0.251 e. The van der Waals surface area contributed by atoms with E-state index in [4.69, 9.17) is 14.6 Å². The molecule has 4 rings (SSSR count). The Hall–Kier alpha value is -3.81. The van der Waals surface area contributed by atoms with Gasteiger partial charge in [-0.2, -0.15) is 0 Å². The van der Waals surface area contributed by atoms with Gasteiger partial charge >= 0.3 is 0 Å². The summed E-state index contributed by atoms with van der Waals surface area (Å²) in [7, 11) is 1.64. The Balaban J connectivity index is 1.48. The SMILES string of the molecule is COc1ccc(-c2cccc(Oc3ccc(C(=O)NCc4ccccn4)cc3SN)c2)cc1. The fraction of sp³-hybridized carbons (Fsp3) is 0.0769. The maximum atomic E-state index is 12.6. The highest BCUT2D eigenvalue weighted by atomic mass is 32.2. The molecular weight excluding hydrogens is 434 g/mol. The van der Waals surface area contributed by atoms with Crippen LogP contribution >= 0.6 is 11.9 Å². The zero-order valence-corrected chi connectivity index (χ0v) is 18.8. The van der Waals surface area contributed by atoms with Gasteiger partial charge in [-0.15, -0.1) is 0 Å². The second-order valence-corrected chi connectivity index (χ2v) is 7.82. The molecule has 0 atom stereocenters. The van der Waals surface area contributed by atoms with Crippen LogP contribution in [0.5, 0.6) is 17.2 Å². The standard InChI is InChI=1S/C26H23N3O3S/c1-31-22-11-8-18(9-12-22)19-5-4-7-23(15-19)32-24-13-10-20(16-25(24)33-27)26(30)29-17-21-6-2-3-14-28-21/h2-16H,17,27H2,1H3,(H,29,30). The van der Waals surface area contributed by atoms with Crippen LogP contribution in [0.3, 0.4) is 0 Å². The van der Waals surface area contributed by atoms with Gasteiger partial charge in [-0.05, 0) is 77.7 Å². The number of rotatable bonds is 8. The minimum Gasteiger partial charge on any atom is -0.497 e. The molecule has 0 radical (unpaired) electrons. The summed E-state index contributed by atoms with van der Waals surface area (Å²) in [6.45, 7) is 0.348. The summed E-state index contributed by atoms with van der Waals surface area (Å²) < 4.78 is 11.3. The summed E-state index contributed by atoms with van der Waals surface area (Å²) in [6, 6.07) is 26.4. The predicted octanol–water partition coefficient (Wildman–Crippen LogP) is 5.45. The fourth-order valence-electron chi connectivity index (χ4n) is 3.25. The van der Waals surface area contributed by atoms with E-state index in [1.54, 1.807) is 31.5 Å². The summed E-state index contributed by atoms with van der Waals surface area (Å²) in [5.74, 6) is 1.85. The second kappa shape index (κ2) is 10.7. The van der Waals surface area contributed by atoms with Crippen molar-refractivity contribution in [1.29, 1.82) is 0 Å². The van der Waals surface area contributed by atoms with Crippen LogP contribution in [0, 0.1) is 0 Å². The number of nitrogens with one attached hydrogen (secondary N) is 1. The molecule has 1 heterocycles. The van der Waals surface area contributed by atoms with E-state index >= 15 is 0 Å². The first-order chi connectivity index (χ1) is 16.2. The fourth-order valence-corrected chi connectivity index (χ4v) is 3.67. The van der Waals surface area contributed by atoms with E-state index in [0.29, 0.717) is 28.5 Å². The Labute approximate surface area is 196 Å². The largest absolute Gasteiger partial charge is 0.497 e. The molecule has 166 valence electrons. The molecule has 3 N–H and O–H groups in total. The minimum atomic E-state index is -0.205. The van der Waals surface area contributed by atoms with Gasteiger partial charge in [0.25, 0.3) is 5.91 Å². The number of ether oxygens (including phenoxy) is 2. The van der Waals surface area contributed by atoms with Crippen molar-refractivity contribution in [1.82, 2.24) is 10.3 Å². The zero-order chi connectivity index (χ0) is 23.0. The normalized spacial score (nSPS) is 10.5. The molecule has 0 aliphatic rings. The van der Waals surface area contributed by atoms with E-state index in [1.807, 2.05) is 66.7 Å². The van der Waals surface area contributed by atoms with Crippen LogP contribution in [-0.2, 0) is 6.54 Å². The molecule has 0 unspecified atom stereocenters. The van der Waals surface area contributed by atoms with Crippen molar-refractivity contribution in [2.45, 2.75) is 11.4 Å². The van der Waals surface area contributed by atoms with Gasteiger partial charge in [0.05, 0.1) is 24.2 Å². The average molecular weight is 458 g/mol. The zero-order valence-electron chi connectivity index (χ0n) is 18.0. The van der Waals surface area contributed by atoms with E-state index < -0.39 is 0 Å². The van der Waals surface area contributed by atoms with Gasteiger partial charge in [0, 0.05) is 11.8 Å². The molecule has 7 heteroatoms. The summed E-state index contributed by atoms with van der Waals surface area (Å²) in [5, 5.41) is 8.74. The summed E-state index contributed by atoms with van der Waals surface area (Å²) in [4.78, 5) is 17.4. The number of hydrogen-bond donors (Lipinski definition) is 2. The van der Waals surface area contributed by atoms with Gasteiger partial charge < -0.3 is 14.8 Å². The van der Waals surface area contributed by atoms with Crippen molar-refractivity contribution in [3.05, 3.63) is 102 Å². The number of nitrogens with zero attached hydrogens (tertiary/aromatic N) is 1. The van der Waals surface area contributed by atoms with E-state index in [2.05, 4.69) is 10.3 Å². The number of aromatic nitrogens is 1. The lowest BCUT2D eigenvalue weighted by molar-refractivity contribution is 0.0950. The van der Waals surface area contributed by atoms with Gasteiger partial charge in [-0.3, -0.25) is 14.9 Å². The molecule has 1 aromatic heterocycles. The van der Waals surface area contributed by atoms with Crippen molar-refractivity contribution in [3.63, 3.8) is 0 Å². The number of pyridine rings is 1. The van der Waals surface area contributed by atoms with Gasteiger partial charge in [-0.25, -0.2) is 0 Å². The molecule has 6 nitrogen and oxygen atoms in total. The molecule has 0 saturated carbocycles. The first-order valence-corrected chi connectivity index (χ1v) is 11.2. The van der Waals surface area contributed by atoms with Gasteiger partial charge in [0.2, 0.25) is 0 Å². The number of carbonyl (C=O) groups excluding carboxylic acids is 1. The monoisotopic (exact) mass is 457 g/mol. The molecule has 4 aromatic rings. The molecule has 3 aromatic carbocycles. The molecular formula is C26H23N3O3S. The molecule has 0 saturated heterocycles. The van der Waals surface area contributed by atoms with E-state index in [0.717, 1.165) is 34.5 Å². The highest BCUT2D eigenvalue weighted by Crippen LogP contribution is 2.33. The van der Waals surface area contributed by atoms with Crippen molar-refractivity contribution in [2.75, 3.05) is 7.11 Å². The highest BCUT2D eigenvalue weighted by Gasteiger charge is 2.12. The molecule has 0 aliphatic carbocycles. The Morgan fingerprint density at radius 1 is 0.939 bits per heavy atom. The topological polar surface area (TPSA) is 86.5 Å². The number of hydrogen-bond acceptors (Lipinski definition) is 6. The minimum absolute atomic E-state index is 0.205. The van der Waals surface area contributed by atoms with Crippen LogP contribution in [-0.4, -0.2) is 18.0 Å². The lowest BCUT2D eigenvalue weighted by Gasteiger charge is -2.12. The smallest absolute Gasteiger partial charge is 0.251 e. The Morgan fingerprint density at radius 3 is 2.52 bits per heavy atom. The quantitative estimate of drug-likeness (QED) is 0.342. The van der Waals surface area contributed by atoms with Crippen molar-refractivity contribution in [3.8, 4) is 28.4 Å². The third kappa shape index (κ3) is 5.71. The molecule has 0 aliphatic heterocycles. The molecule has 0 bridgehead atoms. The van der Waals surface area contributed by atoms with Gasteiger partial charge in [0.15, 0.2) is 0 Å². The first kappa shape index (κ1) is 22.4. The Bertz CT molecular complexity index is 1230. The summed E-state index contributed by atoms with van der Waals surface area (Å²) in [6.07, 6.45) is 1.69. The van der Waals surface area contributed by atoms with Crippen LogP contribution in [0.2, 0.25) is 0 Å². The number of benzene rings is 3. The van der Waals surface area contributed by atoms with Gasteiger partial charge in [0.1, 0.15) is 17.2 Å². The highest BCUT2D eigenvalue weighted by molar-refractivity contribution is 7.97. The van der Waals surface area contributed by atoms with E-state index in [9.17, 15) is 4.79 Å². The maximum absolute atomic E-state index is 12.6. The number of nitrogens with two attached hydrogens (primary N) is 1. The number of carbonyl (C=O) groups is 1. The van der Waals surface area contributed by atoms with Crippen molar-refractivity contribution >= 4 is 17.9 Å². The second-order valence-electron chi connectivity index (χ2n) is 7.14. The lowest BCUT2D eigenvalue weighted by Crippen LogP contribution is -2.23. The number of amides is 1. The van der Waals surface area contributed by atoms with Gasteiger partial charge in [-0.1, -0.05) is 30.3 Å². The van der Waals surface area contributed by atoms with Crippen LogP contribution in [0.15, 0.2) is 96.0 Å². The summed E-state index contributed by atoms with van der Waals surface area (Å²) in [5.41, 5.74) is 3.35. The molecule has 0 fully saturated rings. The molecule has 33 heavy (non-hydrogen) atoms. The van der Waals surface area contributed by atoms with Crippen LogP contribution in [0.1, 0.15) is 16.1 Å². The Morgan fingerprint density at radius 2 is 1.79 bits per heavy atom. The van der Waals surface area contributed by atoms with E-state index in [1.165, 1.54) is 0 Å². The third-order valence-electron chi connectivity index (χ3n) is 4.97. The molecule has 1 amide bonds. The van der Waals surface area contributed by atoms with Crippen LogP contribution < -0.4 is 19.9 Å². The molecule has 0 spiro atoms. The number of methoxy groups -OCH3 is 1. The first-order valence-electron chi connectivity index (χ1n) is 10.3.